The van der Waals surface area contributed by atoms with E-state index < -0.39 is 29.1 Å². The van der Waals surface area contributed by atoms with Crippen molar-refractivity contribution < 1.29 is 22.8 Å². The number of alkyl halides is 3. The van der Waals surface area contributed by atoms with Crippen LogP contribution in [0, 0.1) is 6.92 Å². The van der Waals surface area contributed by atoms with Crippen LogP contribution >= 0.6 is 36.4 Å². The van der Waals surface area contributed by atoms with Gasteiger partial charge in [0.1, 0.15) is 5.52 Å². The molecule has 1 aliphatic rings. The number of rotatable bonds is 5. The number of hydrogen-bond donors (Lipinski definition) is 3. The fourth-order valence-corrected chi connectivity index (χ4v) is 4.75. The van der Waals surface area contributed by atoms with Crippen LogP contribution in [0.3, 0.4) is 0 Å². The number of nitrogens with one attached hydrogen (secondary N) is 3. The predicted molar refractivity (Wildman–Crippen MR) is 164 cm³/mol. The quantitative estimate of drug-likeness (QED) is 0.227. The first-order chi connectivity index (χ1) is 19.0. The molecule has 4 aromatic rings. The number of aromatic amines is 1. The van der Waals surface area contributed by atoms with Crippen LogP contribution in [0.4, 0.5) is 30.5 Å². The monoisotopic (exact) mass is 642 g/mol. The molecule has 3 N–H and O–H groups in total. The Balaban J connectivity index is 0.00000242. The number of carbonyl (C=O) groups excluding carboxylic acids is 2. The standard InChI is InChI=1S/C28H26ClF3N6O2.2ClH/c1-16-21(29)8-5-9-22(16)34-26(40)19-14-17(33-25(39)18-6-3-4-7-20(18)28(30,31)32)15-23-24(19)36-27(35-23)38-12-10-37(2)11-13-38;;/h3-9,14-15H,10-13H2,1-2H3,(H,33,39)(H,34,40)(H,35,36);2*1H. The molecular weight excluding hydrogens is 616 g/mol. The first kappa shape index (κ1) is 33.0. The molecule has 1 aromatic heterocycles. The van der Waals surface area contributed by atoms with Gasteiger partial charge in [-0.25, -0.2) is 4.98 Å². The first-order valence-corrected chi connectivity index (χ1v) is 12.9. The van der Waals surface area contributed by atoms with Gasteiger partial charge in [-0.05, 0) is 55.9 Å². The van der Waals surface area contributed by atoms with Gasteiger partial charge in [-0.2, -0.15) is 13.2 Å². The summed E-state index contributed by atoms with van der Waals surface area (Å²) in [5.74, 6) is -0.913. The number of amides is 2. The summed E-state index contributed by atoms with van der Waals surface area (Å²) in [6.07, 6.45) is -4.71. The van der Waals surface area contributed by atoms with E-state index in [0.717, 1.165) is 38.3 Å². The lowest BCUT2D eigenvalue weighted by Crippen LogP contribution is -2.44. The van der Waals surface area contributed by atoms with Gasteiger partial charge < -0.3 is 25.4 Å². The van der Waals surface area contributed by atoms with Crippen molar-refractivity contribution in [3.8, 4) is 0 Å². The zero-order valence-corrected chi connectivity index (χ0v) is 24.9. The summed E-state index contributed by atoms with van der Waals surface area (Å²) in [4.78, 5) is 38.7. The van der Waals surface area contributed by atoms with E-state index in [-0.39, 0.29) is 36.1 Å². The normalized spacial score (nSPS) is 13.7. The second-order valence-corrected chi connectivity index (χ2v) is 10.0. The second kappa shape index (κ2) is 13.2. The summed E-state index contributed by atoms with van der Waals surface area (Å²) in [5.41, 5.74) is 0.656. The first-order valence-electron chi connectivity index (χ1n) is 12.5. The minimum atomic E-state index is -4.71. The van der Waals surface area contributed by atoms with Gasteiger partial charge in [0.15, 0.2) is 0 Å². The molecule has 8 nitrogen and oxygen atoms in total. The van der Waals surface area contributed by atoms with E-state index in [1.54, 1.807) is 31.2 Å². The number of carbonyl (C=O) groups is 2. The Hall–Kier alpha value is -3.51. The molecule has 3 aromatic carbocycles. The van der Waals surface area contributed by atoms with Crippen LogP contribution in [-0.2, 0) is 6.18 Å². The Labute approximate surface area is 257 Å². The molecule has 5 rings (SSSR count). The maximum absolute atomic E-state index is 13.5. The molecule has 0 aliphatic carbocycles. The number of hydrogen-bond acceptors (Lipinski definition) is 5. The molecular formula is C28H28Cl3F3N6O2. The lowest BCUT2D eigenvalue weighted by Gasteiger charge is -2.32. The summed E-state index contributed by atoms with van der Waals surface area (Å²) in [6, 6.07) is 12.6. The van der Waals surface area contributed by atoms with E-state index in [1.165, 1.54) is 18.2 Å². The van der Waals surface area contributed by atoms with Gasteiger partial charge in [-0.15, -0.1) is 24.8 Å². The van der Waals surface area contributed by atoms with E-state index in [4.69, 9.17) is 16.6 Å². The summed E-state index contributed by atoms with van der Waals surface area (Å²) < 4.78 is 40.6. The van der Waals surface area contributed by atoms with E-state index in [9.17, 15) is 22.8 Å². The number of imidazole rings is 1. The fraction of sp³-hybridized carbons (Fsp3) is 0.250. The van der Waals surface area contributed by atoms with Crippen molar-refractivity contribution in [2.24, 2.45) is 0 Å². The molecule has 0 unspecified atom stereocenters. The molecule has 1 fully saturated rings. The Kier molecular flexibility index (Phi) is 10.4. The highest BCUT2D eigenvalue weighted by molar-refractivity contribution is 6.31. The van der Waals surface area contributed by atoms with Crippen LogP contribution in [0.15, 0.2) is 54.6 Å². The topological polar surface area (TPSA) is 93.4 Å². The largest absolute Gasteiger partial charge is 0.417 e. The number of anilines is 3. The summed E-state index contributed by atoms with van der Waals surface area (Å²) in [5, 5.41) is 5.84. The molecule has 42 heavy (non-hydrogen) atoms. The Morgan fingerprint density at radius 2 is 1.60 bits per heavy atom. The zero-order valence-electron chi connectivity index (χ0n) is 22.5. The highest BCUT2D eigenvalue weighted by Gasteiger charge is 2.35. The summed E-state index contributed by atoms with van der Waals surface area (Å²) in [7, 11) is 2.03. The number of aromatic nitrogens is 2. The summed E-state index contributed by atoms with van der Waals surface area (Å²) >= 11 is 6.22. The minimum absolute atomic E-state index is 0. The maximum atomic E-state index is 13.5. The highest BCUT2D eigenvalue weighted by atomic mass is 35.5. The van der Waals surface area contributed by atoms with Crippen molar-refractivity contribution in [3.05, 3.63) is 81.9 Å². The van der Waals surface area contributed by atoms with Crippen molar-refractivity contribution in [2.75, 3.05) is 48.8 Å². The van der Waals surface area contributed by atoms with Crippen molar-refractivity contribution >= 4 is 76.6 Å². The van der Waals surface area contributed by atoms with E-state index in [0.29, 0.717) is 33.3 Å². The minimum Gasteiger partial charge on any atom is -0.340 e. The third-order valence-electron chi connectivity index (χ3n) is 6.87. The average Bonchev–Trinajstić information content (AvgIpc) is 3.35. The van der Waals surface area contributed by atoms with E-state index >= 15 is 0 Å². The van der Waals surface area contributed by atoms with Crippen LogP contribution in [0.2, 0.25) is 5.02 Å². The predicted octanol–water partition coefficient (Wildman–Crippen LogP) is 6.64. The van der Waals surface area contributed by atoms with Gasteiger partial charge >= 0.3 is 6.18 Å². The third kappa shape index (κ3) is 6.92. The van der Waals surface area contributed by atoms with Crippen LogP contribution in [0.5, 0.6) is 0 Å². The van der Waals surface area contributed by atoms with Crippen LogP contribution in [-0.4, -0.2) is 59.9 Å². The molecule has 0 atom stereocenters. The van der Waals surface area contributed by atoms with Crippen LogP contribution in [0.1, 0.15) is 31.8 Å². The van der Waals surface area contributed by atoms with Gasteiger partial charge in [0, 0.05) is 42.6 Å². The Morgan fingerprint density at radius 3 is 2.29 bits per heavy atom. The number of likely N-dealkylation sites (N-methyl/N-ethyl adjacent to an activating group) is 1. The SMILES string of the molecule is Cc1c(Cl)cccc1NC(=O)c1cc(NC(=O)c2ccccc2C(F)(F)F)cc2[nH]c(N3CCN(C)CC3)nc12.Cl.Cl. The number of piperazine rings is 1. The van der Waals surface area contributed by atoms with Crippen molar-refractivity contribution in [1.29, 1.82) is 0 Å². The number of benzene rings is 3. The highest BCUT2D eigenvalue weighted by Crippen LogP contribution is 2.33. The van der Waals surface area contributed by atoms with Crippen molar-refractivity contribution in [2.45, 2.75) is 13.1 Å². The van der Waals surface area contributed by atoms with E-state index in [2.05, 4.69) is 25.4 Å². The van der Waals surface area contributed by atoms with Gasteiger partial charge in [0.2, 0.25) is 5.95 Å². The lowest BCUT2D eigenvalue weighted by atomic mass is 10.1. The lowest BCUT2D eigenvalue weighted by molar-refractivity contribution is -0.137. The number of H-pyrrole nitrogens is 1. The molecule has 0 radical (unpaired) electrons. The Bertz CT molecular complexity index is 1600. The molecule has 2 amide bonds. The van der Waals surface area contributed by atoms with Gasteiger partial charge in [-0.1, -0.05) is 29.8 Å². The van der Waals surface area contributed by atoms with Crippen LogP contribution < -0.4 is 15.5 Å². The average molecular weight is 644 g/mol. The Morgan fingerprint density at radius 1 is 0.929 bits per heavy atom. The van der Waals surface area contributed by atoms with Crippen molar-refractivity contribution in [3.63, 3.8) is 0 Å². The molecule has 0 saturated carbocycles. The smallest absolute Gasteiger partial charge is 0.340 e. The van der Waals surface area contributed by atoms with Gasteiger partial charge in [0.25, 0.3) is 11.8 Å². The molecule has 1 aliphatic heterocycles. The molecule has 0 spiro atoms. The number of fused-ring (bicyclic) bond motifs is 1. The maximum Gasteiger partial charge on any atom is 0.417 e. The molecule has 14 heteroatoms. The third-order valence-corrected chi connectivity index (χ3v) is 7.28. The summed E-state index contributed by atoms with van der Waals surface area (Å²) in [6.45, 7) is 4.87. The number of halogens is 6. The number of nitrogens with zero attached hydrogens (tertiary/aromatic N) is 3. The molecule has 1 saturated heterocycles. The zero-order chi connectivity index (χ0) is 28.6. The fourth-order valence-electron chi connectivity index (χ4n) is 4.58. The van der Waals surface area contributed by atoms with Crippen LogP contribution in [0.25, 0.3) is 11.0 Å². The molecule has 2 heterocycles. The van der Waals surface area contributed by atoms with Gasteiger partial charge in [-0.3, -0.25) is 9.59 Å². The second-order valence-electron chi connectivity index (χ2n) is 9.63. The van der Waals surface area contributed by atoms with Crippen molar-refractivity contribution in [1.82, 2.24) is 14.9 Å². The molecule has 0 bridgehead atoms. The van der Waals surface area contributed by atoms with E-state index in [1.807, 2.05) is 7.05 Å². The molecule has 224 valence electrons. The van der Waals surface area contributed by atoms with Gasteiger partial charge in [0.05, 0.1) is 22.2 Å².